The lowest BCUT2D eigenvalue weighted by atomic mass is 10.1. The molecule has 0 aliphatic carbocycles. The van der Waals surface area contributed by atoms with E-state index in [1.54, 1.807) is 0 Å². The number of hydrogen-bond acceptors (Lipinski definition) is 3. The normalized spacial score (nSPS) is 10.8. The fourth-order valence-electron chi connectivity index (χ4n) is 2.29. The average Bonchev–Trinajstić information content (AvgIpc) is 2.60. The molecule has 0 saturated heterocycles. The lowest BCUT2D eigenvalue weighted by Crippen LogP contribution is -2.37. The van der Waals surface area contributed by atoms with Gasteiger partial charge < -0.3 is 10.2 Å². The summed E-state index contributed by atoms with van der Waals surface area (Å²) in [6, 6.07) is 10.8. The van der Waals surface area contributed by atoms with E-state index in [4.69, 9.17) is 16.9 Å². The third kappa shape index (κ3) is 5.21. The minimum atomic E-state index is -4.71. The van der Waals surface area contributed by atoms with Gasteiger partial charge in [0.15, 0.2) is 0 Å². The molecule has 5 nitrogen and oxygen atoms in total. The maximum absolute atomic E-state index is 13.1. The first-order valence-corrected chi connectivity index (χ1v) is 7.94. The molecule has 140 valence electrons. The van der Waals surface area contributed by atoms with Crippen LogP contribution in [0.4, 0.5) is 24.5 Å². The molecule has 0 fully saturated rings. The molecule has 2 aromatic rings. The summed E-state index contributed by atoms with van der Waals surface area (Å²) in [4.78, 5) is 25.2. The van der Waals surface area contributed by atoms with Crippen LogP contribution in [0.5, 0.6) is 0 Å². The summed E-state index contributed by atoms with van der Waals surface area (Å²) in [7, 11) is 0. The van der Waals surface area contributed by atoms with Gasteiger partial charge in [-0.15, -0.1) is 0 Å². The van der Waals surface area contributed by atoms with Crippen LogP contribution in [-0.2, 0) is 15.8 Å². The molecule has 0 bridgehead atoms. The van der Waals surface area contributed by atoms with Crippen LogP contribution in [0.15, 0.2) is 42.5 Å². The molecule has 1 N–H and O–H groups in total. The molecule has 0 heterocycles. The third-order valence-corrected chi connectivity index (χ3v) is 3.79. The summed E-state index contributed by atoms with van der Waals surface area (Å²) in [5, 5.41) is 10.8. The van der Waals surface area contributed by atoms with Crippen molar-refractivity contribution in [1.82, 2.24) is 0 Å². The number of nitrogens with one attached hydrogen (secondary N) is 1. The first kappa shape index (κ1) is 20.3. The summed E-state index contributed by atoms with van der Waals surface area (Å²) >= 11 is 5.60. The zero-order valence-electron chi connectivity index (χ0n) is 14.0. The Morgan fingerprint density at radius 1 is 1.19 bits per heavy atom. The van der Waals surface area contributed by atoms with Crippen molar-refractivity contribution in [3.63, 3.8) is 0 Å². The van der Waals surface area contributed by atoms with Crippen molar-refractivity contribution in [2.75, 3.05) is 16.8 Å². The molecule has 0 aliphatic rings. The van der Waals surface area contributed by atoms with Gasteiger partial charge in [0.05, 0.1) is 22.9 Å². The smallest absolute Gasteiger partial charge is 0.324 e. The van der Waals surface area contributed by atoms with Gasteiger partial charge in [0.2, 0.25) is 11.8 Å². The van der Waals surface area contributed by atoms with Crippen molar-refractivity contribution in [1.29, 1.82) is 5.26 Å². The predicted octanol–water partition coefficient (Wildman–Crippen LogP) is 4.22. The Kier molecular flexibility index (Phi) is 6.08. The van der Waals surface area contributed by atoms with Gasteiger partial charge in [-0.3, -0.25) is 9.59 Å². The van der Waals surface area contributed by atoms with Gasteiger partial charge in [-0.25, -0.2) is 0 Å². The van der Waals surface area contributed by atoms with Gasteiger partial charge in [0.1, 0.15) is 6.54 Å². The fraction of sp³-hybridized carbons (Fsp3) is 0.167. The molecule has 2 amide bonds. The van der Waals surface area contributed by atoms with Crippen LogP contribution in [0, 0.1) is 11.3 Å². The number of hydrogen-bond donors (Lipinski definition) is 1. The van der Waals surface area contributed by atoms with Gasteiger partial charge in [-0.2, -0.15) is 18.4 Å². The minimum Gasteiger partial charge on any atom is -0.324 e. The van der Waals surface area contributed by atoms with Crippen LogP contribution in [-0.4, -0.2) is 18.4 Å². The molecule has 9 heteroatoms. The first-order chi connectivity index (χ1) is 12.6. The molecule has 0 aromatic heterocycles. The second kappa shape index (κ2) is 8.10. The summed E-state index contributed by atoms with van der Waals surface area (Å²) in [6.45, 7) is 0.718. The summed E-state index contributed by atoms with van der Waals surface area (Å²) in [5.41, 5.74) is -0.845. The molecule has 0 saturated carbocycles. The minimum absolute atomic E-state index is 0.122. The number of rotatable bonds is 4. The molecule has 0 atom stereocenters. The standard InChI is InChI=1S/C18H13ClF3N3O2/c1-11(26)25(14-5-2-12(9-23)3-6-14)10-17(27)24-16-7-4-13(19)8-15(16)18(20,21)22/h2-8H,10H2,1H3,(H,24,27). The van der Waals surface area contributed by atoms with E-state index in [0.29, 0.717) is 17.3 Å². The van der Waals surface area contributed by atoms with Crippen LogP contribution in [0.1, 0.15) is 18.1 Å². The number of nitriles is 1. The van der Waals surface area contributed by atoms with Gasteiger partial charge in [0.25, 0.3) is 0 Å². The van der Waals surface area contributed by atoms with Gasteiger partial charge in [0, 0.05) is 17.6 Å². The molecule has 2 aromatic carbocycles. The molecule has 0 unspecified atom stereocenters. The van der Waals surface area contributed by atoms with Crippen LogP contribution in [0.25, 0.3) is 0 Å². The van der Waals surface area contributed by atoms with Crippen molar-refractivity contribution in [2.45, 2.75) is 13.1 Å². The number of halogens is 4. The molecule has 0 spiro atoms. The van der Waals surface area contributed by atoms with E-state index in [9.17, 15) is 22.8 Å². The van der Waals surface area contributed by atoms with Crippen molar-refractivity contribution in [3.05, 3.63) is 58.6 Å². The van der Waals surface area contributed by atoms with E-state index in [1.165, 1.54) is 37.3 Å². The quantitative estimate of drug-likeness (QED) is 0.842. The van der Waals surface area contributed by atoms with Crippen LogP contribution in [0.2, 0.25) is 5.02 Å². The number of carbonyl (C=O) groups excluding carboxylic acids is 2. The first-order valence-electron chi connectivity index (χ1n) is 7.56. The van der Waals surface area contributed by atoms with E-state index in [-0.39, 0.29) is 5.02 Å². The number of alkyl halides is 3. The van der Waals surface area contributed by atoms with Crippen molar-refractivity contribution in [3.8, 4) is 6.07 Å². The molecule has 0 radical (unpaired) electrons. The number of anilines is 2. The Labute approximate surface area is 158 Å². The highest BCUT2D eigenvalue weighted by molar-refractivity contribution is 6.30. The van der Waals surface area contributed by atoms with Gasteiger partial charge >= 0.3 is 6.18 Å². The van der Waals surface area contributed by atoms with Gasteiger partial charge in [-0.1, -0.05) is 11.6 Å². The maximum atomic E-state index is 13.1. The topological polar surface area (TPSA) is 73.2 Å². The second-order valence-electron chi connectivity index (χ2n) is 5.50. The summed E-state index contributed by atoms with van der Waals surface area (Å²) in [5.74, 6) is -1.30. The highest BCUT2D eigenvalue weighted by Crippen LogP contribution is 2.36. The molecular formula is C18H13ClF3N3O2. The number of nitrogens with zero attached hydrogens (tertiary/aromatic N) is 2. The zero-order chi connectivity index (χ0) is 20.2. The Morgan fingerprint density at radius 2 is 1.81 bits per heavy atom. The van der Waals surface area contributed by atoms with E-state index < -0.39 is 35.8 Å². The third-order valence-electron chi connectivity index (χ3n) is 3.55. The fourth-order valence-corrected chi connectivity index (χ4v) is 2.47. The number of amides is 2. The van der Waals surface area contributed by atoms with Crippen LogP contribution >= 0.6 is 11.6 Å². The second-order valence-corrected chi connectivity index (χ2v) is 5.94. The van der Waals surface area contributed by atoms with Crippen LogP contribution in [0.3, 0.4) is 0 Å². The summed E-state index contributed by atoms with van der Waals surface area (Å²) < 4.78 is 39.3. The maximum Gasteiger partial charge on any atom is 0.418 e. The van der Waals surface area contributed by atoms with Crippen molar-refractivity contribution in [2.24, 2.45) is 0 Å². The van der Waals surface area contributed by atoms with Gasteiger partial charge in [-0.05, 0) is 42.5 Å². The SMILES string of the molecule is CC(=O)N(CC(=O)Nc1ccc(Cl)cc1C(F)(F)F)c1ccc(C#N)cc1. The number of carbonyl (C=O) groups is 2. The van der Waals surface area contributed by atoms with E-state index in [1.807, 2.05) is 6.07 Å². The van der Waals surface area contributed by atoms with Crippen LogP contribution < -0.4 is 10.2 Å². The lowest BCUT2D eigenvalue weighted by Gasteiger charge is -2.21. The molecule has 27 heavy (non-hydrogen) atoms. The van der Waals surface area contributed by atoms with E-state index >= 15 is 0 Å². The zero-order valence-corrected chi connectivity index (χ0v) is 14.7. The number of benzene rings is 2. The predicted molar refractivity (Wildman–Crippen MR) is 94.3 cm³/mol. The highest BCUT2D eigenvalue weighted by atomic mass is 35.5. The average molecular weight is 396 g/mol. The molecular weight excluding hydrogens is 383 g/mol. The largest absolute Gasteiger partial charge is 0.418 e. The Morgan fingerprint density at radius 3 is 2.33 bits per heavy atom. The Hall–Kier alpha value is -3.05. The van der Waals surface area contributed by atoms with E-state index in [2.05, 4.69) is 5.32 Å². The highest BCUT2D eigenvalue weighted by Gasteiger charge is 2.34. The van der Waals surface area contributed by atoms with E-state index in [0.717, 1.165) is 11.0 Å². The van der Waals surface area contributed by atoms with Crippen molar-refractivity contribution >= 4 is 34.8 Å². The van der Waals surface area contributed by atoms with Crippen molar-refractivity contribution < 1.29 is 22.8 Å². The lowest BCUT2D eigenvalue weighted by molar-refractivity contribution is -0.137. The molecule has 2 rings (SSSR count). The monoisotopic (exact) mass is 395 g/mol. The summed E-state index contributed by atoms with van der Waals surface area (Å²) in [6.07, 6.45) is -4.71. The Balaban J connectivity index is 2.22. The molecule has 0 aliphatic heterocycles. The Bertz CT molecular complexity index is 906.